The number of para-hydroxylation sites is 1. The normalized spacial score (nSPS) is 16.4. The van der Waals surface area contributed by atoms with Gasteiger partial charge >= 0.3 is 0 Å². The Labute approximate surface area is 165 Å². The van der Waals surface area contributed by atoms with Gasteiger partial charge in [0.15, 0.2) is 0 Å². The van der Waals surface area contributed by atoms with Crippen LogP contribution < -0.4 is 0 Å². The number of hydrogen-bond donors (Lipinski definition) is 1. The molecular formula is C22H17N5O2. The molecule has 6 rings (SSSR count). The van der Waals surface area contributed by atoms with Crippen LogP contribution in [0, 0.1) is 0 Å². The Morgan fingerprint density at radius 1 is 1.17 bits per heavy atom. The van der Waals surface area contributed by atoms with Crippen molar-refractivity contribution in [1.29, 1.82) is 0 Å². The van der Waals surface area contributed by atoms with Gasteiger partial charge in [-0.05, 0) is 24.3 Å². The second-order valence-corrected chi connectivity index (χ2v) is 7.19. The number of carbonyl (C=O) groups is 1. The third-order valence-corrected chi connectivity index (χ3v) is 5.56. The lowest BCUT2D eigenvalue weighted by Gasteiger charge is -2.33. The Kier molecular flexibility index (Phi) is 3.37. The van der Waals surface area contributed by atoms with Gasteiger partial charge in [-0.1, -0.05) is 24.3 Å². The number of rotatable bonds is 2. The molecule has 0 unspecified atom stereocenters. The lowest BCUT2D eigenvalue weighted by molar-refractivity contribution is 0.0675. The molecule has 0 spiro atoms. The van der Waals surface area contributed by atoms with Crippen LogP contribution >= 0.6 is 0 Å². The van der Waals surface area contributed by atoms with Gasteiger partial charge in [0, 0.05) is 30.2 Å². The molecule has 0 fully saturated rings. The van der Waals surface area contributed by atoms with Crippen molar-refractivity contribution in [3.63, 3.8) is 0 Å². The minimum atomic E-state index is -0.386. The zero-order chi connectivity index (χ0) is 19.4. The monoisotopic (exact) mass is 383 g/mol. The number of fused-ring (bicyclic) bond motifs is 3. The lowest BCUT2D eigenvalue weighted by atomic mass is 9.99. The summed E-state index contributed by atoms with van der Waals surface area (Å²) in [6.45, 7) is 0.569. The molecule has 1 amide bonds. The number of H-pyrrole nitrogens is 1. The molecule has 142 valence electrons. The van der Waals surface area contributed by atoms with Crippen LogP contribution in [-0.4, -0.2) is 36.9 Å². The summed E-state index contributed by atoms with van der Waals surface area (Å²) in [6.07, 6.45) is 5.87. The first-order chi connectivity index (χ1) is 14.3. The topological polar surface area (TPSA) is 79.4 Å². The fourth-order valence-corrected chi connectivity index (χ4v) is 4.17. The summed E-state index contributed by atoms with van der Waals surface area (Å²) in [7, 11) is 0. The van der Waals surface area contributed by atoms with Crippen LogP contribution in [0.3, 0.4) is 0 Å². The van der Waals surface area contributed by atoms with Crippen LogP contribution in [0.4, 0.5) is 0 Å². The number of imidazole rings is 1. The quantitative estimate of drug-likeness (QED) is 0.505. The third kappa shape index (κ3) is 2.40. The van der Waals surface area contributed by atoms with Crippen molar-refractivity contribution in [3.8, 4) is 0 Å². The minimum Gasteiger partial charge on any atom is -0.458 e. The van der Waals surface area contributed by atoms with Crippen molar-refractivity contribution in [2.75, 3.05) is 6.54 Å². The smallest absolute Gasteiger partial charge is 0.258 e. The molecule has 7 heteroatoms. The molecule has 0 radical (unpaired) electrons. The maximum absolute atomic E-state index is 13.6. The maximum atomic E-state index is 13.6. The molecule has 1 aliphatic rings. The summed E-state index contributed by atoms with van der Waals surface area (Å²) < 4.78 is 7.87. The van der Waals surface area contributed by atoms with Crippen molar-refractivity contribution >= 4 is 22.4 Å². The first-order valence-corrected chi connectivity index (χ1v) is 9.53. The molecule has 0 saturated carbocycles. The Morgan fingerprint density at radius 3 is 3.00 bits per heavy atom. The third-order valence-electron chi connectivity index (χ3n) is 5.56. The number of hydrogen-bond acceptors (Lipinski definition) is 4. The number of aromatic amines is 1. The molecule has 7 nitrogen and oxygen atoms in total. The zero-order valence-corrected chi connectivity index (χ0v) is 15.4. The Morgan fingerprint density at radius 2 is 2.07 bits per heavy atom. The second kappa shape index (κ2) is 6.07. The van der Waals surface area contributed by atoms with Gasteiger partial charge in [-0.25, -0.2) is 9.50 Å². The van der Waals surface area contributed by atoms with Crippen LogP contribution in [0.1, 0.15) is 33.5 Å². The number of pyridine rings is 1. The van der Waals surface area contributed by atoms with E-state index in [-0.39, 0.29) is 11.9 Å². The molecular weight excluding hydrogens is 366 g/mol. The number of carbonyl (C=O) groups excluding carboxylic acids is 1. The average molecular weight is 383 g/mol. The zero-order valence-electron chi connectivity index (χ0n) is 15.4. The summed E-state index contributed by atoms with van der Waals surface area (Å²) in [6, 6.07) is 15.2. The van der Waals surface area contributed by atoms with E-state index in [1.165, 1.54) is 0 Å². The molecule has 29 heavy (non-hydrogen) atoms. The van der Waals surface area contributed by atoms with E-state index in [0.29, 0.717) is 17.9 Å². The summed E-state index contributed by atoms with van der Waals surface area (Å²) in [5.74, 6) is 0.634. The molecule has 1 aromatic carbocycles. The first-order valence-electron chi connectivity index (χ1n) is 9.53. The van der Waals surface area contributed by atoms with Gasteiger partial charge in [0.05, 0.1) is 29.3 Å². The fraction of sp³-hybridized carbons (Fsp3) is 0.136. The highest BCUT2D eigenvalue weighted by molar-refractivity contribution is 6.01. The van der Waals surface area contributed by atoms with Crippen molar-refractivity contribution in [3.05, 3.63) is 90.0 Å². The number of benzene rings is 1. The Balaban J connectivity index is 1.49. The van der Waals surface area contributed by atoms with Gasteiger partial charge in [-0.3, -0.25) is 4.79 Å². The SMILES string of the molecule is O=C(c1cnn2ccccc12)N1CCc2[nH]cnc2[C@@H]1c1cc2ccccc2o1. The molecule has 0 saturated heterocycles. The highest BCUT2D eigenvalue weighted by Gasteiger charge is 2.37. The van der Waals surface area contributed by atoms with Gasteiger partial charge in [0.1, 0.15) is 17.4 Å². The highest BCUT2D eigenvalue weighted by atomic mass is 16.3. The van der Waals surface area contributed by atoms with E-state index in [2.05, 4.69) is 15.1 Å². The lowest BCUT2D eigenvalue weighted by Crippen LogP contribution is -2.40. The number of furan rings is 1. The summed E-state index contributed by atoms with van der Waals surface area (Å²) in [5.41, 5.74) is 4.03. The second-order valence-electron chi connectivity index (χ2n) is 7.19. The van der Waals surface area contributed by atoms with Gasteiger partial charge < -0.3 is 14.3 Å². The molecule has 1 N–H and O–H groups in total. The van der Waals surface area contributed by atoms with E-state index in [1.54, 1.807) is 17.0 Å². The van der Waals surface area contributed by atoms with Crippen LogP contribution in [0.5, 0.6) is 0 Å². The van der Waals surface area contributed by atoms with Gasteiger partial charge in [0.25, 0.3) is 5.91 Å². The van der Waals surface area contributed by atoms with Crippen molar-refractivity contribution in [2.24, 2.45) is 0 Å². The molecule has 0 bridgehead atoms. The average Bonchev–Trinajstić information content (AvgIpc) is 3.49. The predicted octanol–water partition coefficient (Wildman–Crippen LogP) is 3.59. The molecule has 1 atom stereocenters. The van der Waals surface area contributed by atoms with E-state index in [4.69, 9.17) is 4.42 Å². The summed E-state index contributed by atoms with van der Waals surface area (Å²) >= 11 is 0. The number of nitrogens with zero attached hydrogens (tertiary/aromatic N) is 4. The fourth-order valence-electron chi connectivity index (χ4n) is 4.17. The standard InChI is InChI=1S/C22H17N5O2/c28-22(15-12-25-27-9-4-3-6-17(15)27)26-10-8-16-20(24-13-23-16)21(26)19-11-14-5-1-2-7-18(14)29-19/h1-7,9,11-13,21H,8,10H2,(H,23,24)/t21-/m0/s1. The molecule has 0 aliphatic carbocycles. The van der Waals surface area contributed by atoms with Crippen LogP contribution in [-0.2, 0) is 6.42 Å². The van der Waals surface area contributed by atoms with E-state index < -0.39 is 0 Å². The van der Waals surface area contributed by atoms with E-state index in [9.17, 15) is 4.79 Å². The van der Waals surface area contributed by atoms with Crippen LogP contribution in [0.15, 0.2) is 71.7 Å². The Bertz CT molecular complexity index is 1330. The van der Waals surface area contributed by atoms with Crippen LogP contribution in [0.2, 0.25) is 0 Å². The van der Waals surface area contributed by atoms with E-state index in [1.807, 2.05) is 59.6 Å². The summed E-state index contributed by atoms with van der Waals surface area (Å²) in [5, 5.41) is 5.33. The van der Waals surface area contributed by atoms with Crippen molar-refractivity contribution < 1.29 is 9.21 Å². The molecule has 1 aliphatic heterocycles. The Hall–Kier alpha value is -3.87. The van der Waals surface area contributed by atoms with E-state index in [0.717, 1.165) is 34.3 Å². The van der Waals surface area contributed by atoms with Gasteiger partial charge in [0.2, 0.25) is 0 Å². The van der Waals surface area contributed by atoms with Crippen LogP contribution in [0.25, 0.3) is 16.5 Å². The molecule has 5 aromatic rings. The maximum Gasteiger partial charge on any atom is 0.258 e. The van der Waals surface area contributed by atoms with Crippen molar-refractivity contribution in [1.82, 2.24) is 24.5 Å². The largest absolute Gasteiger partial charge is 0.458 e. The predicted molar refractivity (Wildman–Crippen MR) is 107 cm³/mol. The molecule has 4 aromatic heterocycles. The van der Waals surface area contributed by atoms with Gasteiger partial charge in [-0.15, -0.1) is 0 Å². The van der Waals surface area contributed by atoms with E-state index >= 15 is 0 Å². The number of nitrogens with one attached hydrogen (secondary N) is 1. The van der Waals surface area contributed by atoms with Crippen molar-refractivity contribution in [2.45, 2.75) is 12.5 Å². The molecule has 5 heterocycles. The minimum absolute atomic E-state index is 0.0784. The number of amides is 1. The first kappa shape index (κ1) is 16.1. The highest BCUT2D eigenvalue weighted by Crippen LogP contribution is 2.37. The van der Waals surface area contributed by atoms with Gasteiger partial charge in [-0.2, -0.15) is 5.10 Å². The number of aromatic nitrogens is 4. The summed E-state index contributed by atoms with van der Waals surface area (Å²) in [4.78, 5) is 23.2.